The summed E-state index contributed by atoms with van der Waals surface area (Å²) in [5.74, 6) is 0.760. The number of fused-ring (bicyclic) bond motifs is 4. The van der Waals surface area contributed by atoms with Crippen LogP contribution in [0.25, 0.3) is 27.7 Å². The van der Waals surface area contributed by atoms with E-state index in [-0.39, 0.29) is 5.56 Å². The summed E-state index contributed by atoms with van der Waals surface area (Å²) in [5, 5.41) is 0.678. The van der Waals surface area contributed by atoms with Crippen LogP contribution in [0.1, 0.15) is 71.1 Å². The van der Waals surface area contributed by atoms with E-state index < -0.39 is 0 Å². The van der Waals surface area contributed by atoms with Crippen molar-refractivity contribution in [3.8, 4) is 0 Å². The number of hydrogen-bond donors (Lipinski definition) is 0. The highest BCUT2D eigenvalue weighted by Gasteiger charge is 2.15. The van der Waals surface area contributed by atoms with Crippen LogP contribution in [-0.4, -0.2) is 14.0 Å². The Morgan fingerprint density at radius 2 is 1.33 bits per heavy atom. The smallest absolute Gasteiger partial charge is 0.267 e. The van der Waals surface area contributed by atoms with Crippen molar-refractivity contribution < 1.29 is 0 Å². The van der Waals surface area contributed by atoms with Gasteiger partial charge in [0.15, 0.2) is 0 Å². The van der Waals surface area contributed by atoms with Crippen LogP contribution in [0.5, 0.6) is 0 Å². The summed E-state index contributed by atoms with van der Waals surface area (Å²) in [6, 6.07) is 15.8. The molecule has 0 unspecified atom stereocenters. The van der Waals surface area contributed by atoms with Crippen molar-refractivity contribution in [2.75, 3.05) is 0 Å². The number of hydrogen-bond acceptors (Lipinski definition) is 2. The molecule has 158 valence electrons. The molecule has 4 heteroatoms. The lowest BCUT2D eigenvalue weighted by atomic mass is 10.1. The fraction of sp³-hybridized carbons (Fsp3) is 0.462. The van der Waals surface area contributed by atoms with Gasteiger partial charge < -0.3 is 4.57 Å². The minimum Gasteiger partial charge on any atom is -0.310 e. The molecule has 0 aliphatic heterocycles. The van der Waals surface area contributed by atoms with Crippen molar-refractivity contribution in [1.29, 1.82) is 0 Å². The van der Waals surface area contributed by atoms with Gasteiger partial charge in [-0.25, -0.2) is 9.38 Å². The Hall–Kier alpha value is -2.62. The first-order valence-electron chi connectivity index (χ1n) is 11.7. The topological polar surface area (TPSA) is 39.3 Å². The maximum Gasteiger partial charge on any atom is 0.267 e. The van der Waals surface area contributed by atoms with E-state index in [9.17, 15) is 4.79 Å². The zero-order chi connectivity index (χ0) is 20.8. The Morgan fingerprint density at radius 3 is 2.07 bits per heavy atom. The van der Waals surface area contributed by atoms with Crippen LogP contribution in [-0.2, 0) is 6.54 Å². The van der Waals surface area contributed by atoms with Crippen LogP contribution >= 0.6 is 0 Å². The molecule has 0 saturated carbocycles. The highest BCUT2D eigenvalue weighted by atomic mass is 16.1. The number of benzene rings is 2. The molecule has 0 atom stereocenters. The second kappa shape index (κ2) is 9.92. The lowest BCUT2D eigenvalue weighted by molar-refractivity contribution is 0.540. The van der Waals surface area contributed by atoms with Crippen LogP contribution in [0.4, 0.5) is 0 Å². The molecule has 0 aliphatic carbocycles. The summed E-state index contributed by atoms with van der Waals surface area (Å²) in [4.78, 5) is 18.0. The Balaban J connectivity index is 1.47. The van der Waals surface area contributed by atoms with Gasteiger partial charge in [-0.1, -0.05) is 89.0 Å². The van der Waals surface area contributed by atoms with E-state index in [1.54, 1.807) is 4.40 Å². The molecule has 0 spiro atoms. The Labute approximate surface area is 178 Å². The summed E-state index contributed by atoms with van der Waals surface area (Å²) < 4.78 is 4.02. The molecule has 2 heterocycles. The monoisotopic (exact) mass is 403 g/mol. The highest BCUT2D eigenvalue weighted by Crippen LogP contribution is 2.21. The van der Waals surface area contributed by atoms with Gasteiger partial charge in [-0.15, -0.1) is 0 Å². The number of rotatable bonds is 11. The minimum absolute atomic E-state index is 0.0219. The number of para-hydroxylation sites is 3. The summed E-state index contributed by atoms with van der Waals surface area (Å²) in [6.07, 6.45) is 13.2. The van der Waals surface area contributed by atoms with Crippen molar-refractivity contribution in [3.63, 3.8) is 0 Å². The average Bonchev–Trinajstić information content (AvgIpc) is 3.09. The standard InChI is InChI=1S/C26H33N3O/c1-2-3-4-5-6-7-8-9-10-15-20-28-23-18-13-14-19-24(23)29-25(30)21-16-11-12-17-22(21)27-26(28)29/h11-14,16-19H,2-10,15,20H2,1H3. The van der Waals surface area contributed by atoms with Gasteiger partial charge in [0.25, 0.3) is 5.56 Å². The fourth-order valence-corrected chi connectivity index (χ4v) is 4.49. The van der Waals surface area contributed by atoms with Gasteiger partial charge in [-0.05, 0) is 30.7 Å². The molecule has 4 nitrogen and oxygen atoms in total. The van der Waals surface area contributed by atoms with Crippen molar-refractivity contribution in [1.82, 2.24) is 14.0 Å². The third kappa shape index (κ3) is 4.28. The van der Waals surface area contributed by atoms with Crippen molar-refractivity contribution in [2.45, 2.75) is 77.7 Å². The van der Waals surface area contributed by atoms with Gasteiger partial charge in [0.1, 0.15) is 0 Å². The predicted molar refractivity (Wildman–Crippen MR) is 126 cm³/mol. The van der Waals surface area contributed by atoms with E-state index in [4.69, 9.17) is 4.98 Å². The quantitative estimate of drug-likeness (QED) is 0.261. The Bertz CT molecular complexity index is 1170. The second-order valence-electron chi connectivity index (χ2n) is 8.39. The zero-order valence-electron chi connectivity index (χ0n) is 18.1. The van der Waals surface area contributed by atoms with Crippen molar-refractivity contribution in [2.24, 2.45) is 0 Å². The normalized spacial score (nSPS) is 11.8. The fourth-order valence-electron chi connectivity index (χ4n) is 4.49. The number of unbranched alkanes of at least 4 members (excludes halogenated alkanes) is 9. The SMILES string of the molecule is CCCCCCCCCCCCn1c2ccccc2n2c(=O)c3ccccc3nc12. The predicted octanol–water partition coefficient (Wildman–Crippen LogP) is 6.72. The molecule has 30 heavy (non-hydrogen) atoms. The molecule has 2 aromatic heterocycles. The Kier molecular flexibility index (Phi) is 6.83. The summed E-state index contributed by atoms with van der Waals surface area (Å²) >= 11 is 0. The lowest BCUT2D eigenvalue weighted by Gasteiger charge is -2.07. The molecule has 4 rings (SSSR count). The molecule has 0 saturated heterocycles. The van der Waals surface area contributed by atoms with Gasteiger partial charge in [0.2, 0.25) is 5.78 Å². The molecule has 0 fully saturated rings. The first-order valence-corrected chi connectivity index (χ1v) is 11.7. The number of aromatic nitrogens is 3. The number of nitrogens with zero attached hydrogens (tertiary/aromatic N) is 3. The number of imidazole rings is 1. The largest absolute Gasteiger partial charge is 0.310 e. The van der Waals surface area contributed by atoms with Crippen LogP contribution in [0, 0.1) is 0 Å². The molecule has 4 aromatic rings. The van der Waals surface area contributed by atoms with Crippen molar-refractivity contribution in [3.05, 3.63) is 58.9 Å². The lowest BCUT2D eigenvalue weighted by Crippen LogP contribution is -2.15. The molecular weight excluding hydrogens is 370 g/mol. The van der Waals surface area contributed by atoms with E-state index in [0.717, 1.165) is 35.3 Å². The first kappa shape index (κ1) is 20.6. The van der Waals surface area contributed by atoms with Crippen LogP contribution in [0.15, 0.2) is 53.3 Å². The average molecular weight is 404 g/mol. The van der Waals surface area contributed by atoms with Gasteiger partial charge >= 0.3 is 0 Å². The maximum atomic E-state index is 13.2. The maximum absolute atomic E-state index is 13.2. The summed E-state index contributed by atoms with van der Waals surface area (Å²) in [5.41, 5.74) is 2.83. The van der Waals surface area contributed by atoms with E-state index in [1.807, 2.05) is 42.5 Å². The first-order chi connectivity index (χ1) is 14.8. The van der Waals surface area contributed by atoms with Crippen LogP contribution in [0.3, 0.4) is 0 Å². The van der Waals surface area contributed by atoms with Crippen molar-refractivity contribution >= 4 is 27.7 Å². The molecule has 0 amide bonds. The van der Waals surface area contributed by atoms with Gasteiger partial charge in [-0.3, -0.25) is 4.79 Å². The summed E-state index contributed by atoms with van der Waals surface area (Å²) in [6.45, 7) is 3.17. The third-order valence-corrected chi connectivity index (χ3v) is 6.15. The zero-order valence-corrected chi connectivity index (χ0v) is 18.1. The second-order valence-corrected chi connectivity index (χ2v) is 8.39. The molecule has 0 radical (unpaired) electrons. The molecule has 0 bridgehead atoms. The highest BCUT2D eigenvalue weighted by molar-refractivity contribution is 5.85. The third-order valence-electron chi connectivity index (χ3n) is 6.15. The minimum atomic E-state index is 0.0219. The summed E-state index contributed by atoms with van der Waals surface area (Å²) in [7, 11) is 0. The van der Waals surface area contributed by atoms with Gasteiger partial charge in [0.05, 0.1) is 21.9 Å². The van der Waals surface area contributed by atoms with Gasteiger partial charge in [0, 0.05) is 6.54 Å². The molecule has 0 aliphatic rings. The van der Waals surface area contributed by atoms with Crippen LogP contribution < -0.4 is 5.56 Å². The molecular formula is C26H33N3O. The number of aryl methyl sites for hydroxylation is 1. The van der Waals surface area contributed by atoms with E-state index in [1.165, 1.54) is 57.8 Å². The Morgan fingerprint density at radius 1 is 0.733 bits per heavy atom. The van der Waals surface area contributed by atoms with Crippen LogP contribution in [0.2, 0.25) is 0 Å². The molecule has 0 N–H and O–H groups in total. The van der Waals surface area contributed by atoms with E-state index in [0.29, 0.717) is 5.39 Å². The van der Waals surface area contributed by atoms with E-state index in [2.05, 4.69) is 17.6 Å². The molecule has 2 aromatic carbocycles. The van der Waals surface area contributed by atoms with Gasteiger partial charge in [-0.2, -0.15) is 0 Å². The van der Waals surface area contributed by atoms with E-state index >= 15 is 0 Å².